The highest BCUT2D eigenvalue weighted by atomic mass is 32.2. The zero-order valence-corrected chi connectivity index (χ0v) is 16.8. The van der Waals surface area contributed by atoms with Gasteiger partial charge in [-0.05, 0) is 17.7 Å². The van der Waals surface area contributed by atoms with Gasteiger partial charge in [-0.25, -0.2) is 14.0 Å². The molecule has 0 unspecified atom stereocenters. The number of aromatic amines is 2. The number of hydrogen-bond acceptors (Lipinski definition) is 9. The summed E-state index contributed by atoms with van der Waals surface area (Å²) in [5, 5.41) is 12.8. The van der Waals surface area contributed by atoms with Crippen LogP contribution in [-0.2, 0) is 21.4 Å². The van der Waals surface area contributed by atoms with Gasteiger partial charge in [0.1, 0.15) is 23.4 Å². The maximum atomic E-state index is 11.7. The van der Waals surface area contributed by atoms with Crippen molar-refractivity contribution in [1.82, 2.24) is 18.5 Å². The van der Waals surface area contributed by atoms with E-state index in [9.17, 15) is 32.5 Å². The predicted octanol–water partition coefficient (Wildman–Crippen LogP) is -0.589. The lowest BCUT2D eigenvalue weighted by molar-refractivity contribution is -0.117. The minimum atomic E-state index is -3.91. The number of phenols is 1. The third kappa shape index (κ3) is 4.89. The normalized spacial score (nSPS) is 14.9. The molecular weight excluding hydrogens is 446 g/mol. The number of anilines is 1. The average Bonchev–Trinajstić information content (AvgIpc) is 3.29. The van der Waals surface area contributed by atoms with Gasteiger partial charge >= 0.3 is 21.3 Å². The summed E-state index contributed by atoms with van der Waals surface area (Å²) in [6.07, 6.45) is 2.25. The monoisotopic (exact) mass is 459 g/mol. The number of nitrogens with zero attached hydrogens (tertiary/aromatic N) is 2. The Hall–Kier alpha value is -3.01. The van der Waals surface area contributed by atoms with Gasteiger partial charge in [-0.1, -0.05) is 6.07 Å². The van der Waals surface area contributed by atoms with Crippen molar-refractivity contribution in [2.24, 2.45) is 0 Å². The van der Waals surface area contributed by atoms with Crippen molar-refractivity contribution in [2.45, 2.75) is 6.42 Å². The third-order valence-electron chi connectivity index (χ3n) is 3.54. The van der Waals surface area contributed by atoms with Gasteiger partial charge in [0.2, 0.25) is 0 Å². The van der Waals surface area contributed by atoms with Crippen molar-refractivity contribution in [1.29, 1.82) is 0 Å². The molecule has 29 heavy (non-hydrogen) atoms. The fraction of sp³-hybridized carbons (Fsp3) is 0.143. The van der Waals surface area contributed by atoms with Crippen molar-refractivity contribution >= 4 is 44.3 Å². The molecule has 2 aromatic heterocycles. The second-order valence-corrected chi connectivity index (χ2v) is 9.11. The van der Waals surface area contributed by atoms with Gasteiger partial charge in [-0.3, -0.25) is 14.4 Å². The molecule has 3 heterocycles. The molecule has 4 rings (SSSR count). The van der Waals surface area contributed by atoms with Crippen LogP contribution in [0.25, 0.3) is 0 Å². The van der Waals surface area contributed by atoms with E-state index in [0.717, 1.165) is 14.9 Å². The Morgan fingerprint density at radius 2 is 1.93 bits per heavy atom. The first-order chi connectivity index (χ1) is 13.7. The zero-order valence-electron chi connectivity index (χ0n) is 14.3. The number of aromatic hydroxyl groups is 1. The highest BCUT2D eigenvalue weighted by molar-refractivity contribution is 7.92. The van der Waals surface area contributed by atoms with E-state index in [1.54, 1.807) is 12.3 Å². The molecule has 1 saturated heterocycles. The Morgan fingerprint density at radius 3 is 2.38 bits per heavy atom. The maximum absolute atomic E-state index is 11.7. The fourth-order valence-electron chi connectivity index (χ4n) is 2.35. The van der Waals surface area contributed by atoms with Gasteiger partial charge in [0.25, 0.3) is 5.91 Å². The number of hydrogen-bond donors (Lipinski definition) is 4. The first kappa shape index (κ1) is 20.7. The number of carbonyl (C=O) groups excluding carboxylic acids is 1. The first-order valence-electron chi connectivity index (χ1n) is 7.72. The fourth-order valence-corrected chi connectivity index (χ4v) is 4.74. The summed E-state index contributed by atoms with van der Waals surface area (Å²) in [4.78, 5) is 35.5. The molecule has 15 heteroatoms. The van der Waals surface area contributed by atoms with Crippen LogP contribution in [0.15, 0.2) is 39.4 Å². The van der Waals surface area contributed by atoms with E-state index >= 15 is 0 Å². The van der Waals surface area contributed by atoms with Gasteiger partial charge in [0, 0.05) is 18.0 Å². The number of carbonyl (C=O) groups is 1. The molecule has 0 bridgehead atoms. The van der Waals surface area contributed by atoms with E-state index in [0.29, 0.717) is 6.42 Å². The van der Waals surface area contributed by atoms with Crippen LogP contribution in [0.1, 0.15) is 10.6 Å². The number of aromatic nitrogens is 3. The molecule has 0 spiro atoms. The Labute approximate surface area is 169 Å². The van der Waals surface area contributed by atoms with Crippen molar-refractivity contribution < 1.29 is 22.9 Å². The number of rotatable bonds is 3. The Balaban J connectivity index is 0.000000252. The van der Waals surface area contributed by atoms with Crippen LogP contribution in [0.3, 0.4) is 0 Å². The van der Waals surface area contributed by atoms with Gasteiger partial charge in [-0.15, -0.1) is 20.1 Å². The first-order valence-corrected chi connectivity index (χ1v) is 11.2. The largest absolute Gasteiger partial charge is 0.549 e. The third-order valence-corrected chi connectivity index (χ3v) is 6.46. The van der Waals surface area contributed by atoms with Crippen LogP contribution >= 0.6 is 22.5 Å². The summed E-state index contributed by atoms with van der Waals surface area (Å²) in [5.74, 6) is -0.814. The van der Waals surface area contributed by atoms with Gasteiger partial charge in [0.05, 0.1) is 10.7 Å². The van der Waals surface area contributed by atoms with E-state index < -0.39 is 38.4 Å². The number of thiazole rings is 1. The lowest BCUT2D eigenvalue weighted by atomic mass is 10.1. The van der Waals surface area contributed by atoms with Crippen molar-refractivity contribution in [3.05, 3.63) is 61.1 Å². The van der Waals surface area contributed by atoms with E-state index in [1.165, 1.54) is 23.5 Å². The second kappa shape index (κ2) is 8.16. The molecule has 1 fully saturated rings. The topological polar surface area (TPSA) is 188 Å². The molecule has 1 aliphatic heterocycles. The van der Waals surface area contributed by atoms with Crippen LogP contribution in [0.2, 0.25) is 0 Å². The summed E-state index contributed by atoms with van der Waals surface area (Å²) in [6, 6.07) is 4.67. The highest BCUT2D eigenvalue weighted by Crippen LogP contribution is 2.32. The van der Waals surface area contributed by atoms with Crippen molar-refractivity contribution in [2.75, 3.05) is 10.8 Å². The molecule has 3 aromatic rings. The summed E-state index contributed by atoms with van der Waals surface area (Å²) < 4.78 is 40.0. The number of benzene rings is 1. The molecule has 0 aliphatic carbocycles. The van der Waals surface area contributed by atoms with Crippen LogP contribution in [0.4, 0.5) is 5.69 Å². The number of H-pyrrole nitrogens is 2. The molecule has 0 atom stereocenters. The molecule has 0 radical (unpaired) electrons. The van der Waals surface area contributed by atoms with E-state index in [2.05, 4.69) is 4.98 Å². The smallest absolute Gasteiger partial charge is 0.359 e. The molecule has 1 aliphatic rings. The van der Waals surface area contributed by atoms with E-state index in [4.69, 9.17) is 0 Å². The maximum Gasteiger partial charge on any atom is 0.359 e. The van der Waals surface area contributed by atoms with E-state index in [-0.39, 0.29) is 18.0 Å². The minimum absolute atomic E-state index is 0.0799. The Bertz CT molecular complexity index is 1220. The quantitative estimate of drug-likeness (QED) is 0.295. The Morgan fingerprint density at radius 1 is 1.24 bits per heavy atom. The van der Waals surface area contributed by atoms with E-state index in [1.807, 2.05) is 18.8 Å². The lowest BCUT2D eigenvalue weighted by Crippen LogP contribution is -2.29. The predicted molar refractivity (Wildman–Crippen MR) is 104 cm³/mol. The second-order valence-electron chi connectivity index (χ2n) is 5.59. The van der Waals surface area contributed by atoms with Crippen LogP contribution in [-0.4, -0.2) is 44.3 Å². The number of amides is 1. The summed E-state index contributed by atoms with van der Waals surface area (Å²) >= 11 is -0.183. The van der Waals surface area contributed by atoms with Crippen LogP contribution in [0.5, 0.6) is 5.75 Å². The zero-order chi connectivity index (χ0) is 21.2. The summed E-state index contributed by atoms with van der Waals surface area (Å²) in [6.45, 7) is -0.332. The molecule has 12 nitrogen and oxygen atoms in total. The average molecular weight is 459 g/mol. The molecule has 154 valence electrons. The number of phenolic OH excluding ortho intramolecular Hbond substituents is 1. The molecule has 1 aromatic carbocycles. The molecule has 4 N–H and O–H groups in total. The van der Waals surface area contributed by atoms with Gasteiger partial charge in [-0.2, -0.15) is 8.42 Å². The SMILES string of the molecule is O=C1CN(c2ccc(Cc3nccs3)cc2O)S(=O)(=O)N1.O=c1[nH][s+]([O-])[nH]c1=O. The van der Waals surface area contributed by atoms with Gasteiger partial charge in [0.15, 0.2) is 0 Å². The van der Waals surface area contributed by atoms with Crippen molar-refractivity contribution in [3.8, 4) is 5.75 Å². The molecule has 0 saturated carbocycles. The van der Waals surface area contributed by atoms with Crippen LogP contribution < -0.4 is 20.1 Å². The van der Waals surface area contributed by atoms with Gasteiger partial charge < -0.3 is 9.66 Å². The standard InChI is InChI=1S/C12H11N3O4S2.C2H2N2O3S/c16-10-5-8(6-12-13-3-4-20-12)1-2-9(10)15-7-11(17)14-21(15,18)19;5-1-2(6)4-8(7)3-1/h1-5,16H,6-7H2,(H,14,17);(H,3,5)(H,4,6). The van der Waals surface area contributed by atoms with Crippen LogP contribution in [0, 0.1) is 0 Å². The summed E-state index contributed by atoms with van der Waals surface area (Å²) in [5.41, 5.74) is -0.801. The number of nitrogens with one attached hydrogen (secondary N) is 3. The Kier molecular flexibility index (Phi) is 5.83. The highest BCUT2D eigenvalue weighted by Gasteiger charge is 2.35. The van der Waals surface area contributed by atoms with Crippen molar-refractivity contribution in [3.63, 3.8) is 0 Å². The molecular formula is C14H13N5O7S3. The lowest BCUT2D eigenvalue weighted by Gasteiger charge is -2.16. The molecule has 1 amide bonds. The minimum Gasteiger partial charge on any atom is -0.549 e. The summed E-state index contributed by atoms with van der Waals surface area (Å²) in [7, 11) is -3.91.